The van der Waals surface area contributed by atoms with Crippen LogP contribution in [0, 0.1) is 12.8 Å². The van der Waals surface area contributed by atoms with E-state index in [9.17, 15) is 4.79 Å². The number of aromatic nitrogens is 3. The van der Waals surface area contributed by atoms with Gasteiger partial charge in [-0.1, -0.05) is 0 Å². The summed E-state index contributed by atoms with van der Waals surface area (Å²) in [6.45, 7) is 2.68. The van der Waals surface area contributed by atoms with E-state index >= 15 is 0 Å². The van der Waals surface area contributed by atoms with Crippen molar-refractivity contribution in [2.45, 2.75) is 32.4 Å². The molecule has 0 radical (unpaired) electrons. The van der Waals surface area contributed by atoms with Crippen molar-refractivity contribution in [3.05, 3.63) is 49.8 Å². The van der Waals surface area contributed by atoms with Crippen LogP contribution in [0.2, 0.25) is 0 Å². The Morgan fingerprint density at radius 2 is 2.36 bits per heavy atom. The lowest BCUT2D eigenvalue weighted by Crippen LogP contribution is -2.24. The van der Waals surface area contributed by atoms with Gasteiger partial charge in [0.05, 0.1) is 11.7 Å². The summed E-state index contributed by atoms with van der Waals surface area (Å²) >= 11 is 3.23. The van der Waals surface area contributed by atoms with Gasteiger partial charge >= 0.3 is 0 Å². The normalized spacial score (nSPS) is 16.2. The van der Waals surface area contributed by atoms with Gasteiger partial charge < -0.3 is 5.32 Å². The molecule has 3 aromatic heterocycles. The Morgan fingerprint density at radius 1 is 1.50 bits per heavy atom. The molecule has 1 fully saturated rings. The average molecular weight is 332 g/mol. The molecule has 114 valence electrons. The van der Waals surface area contributed by atoms with Gasteiger partial charge in [-0.3, -0.25) is 9.20 Å². The van der Waals surface area contributed by atoms with Gasteiger partial charge in [0.25, 0.3) is 5.56 Å². The fourth-order valence-electron chi connectivity index (χ4n) is 2.59. The van der Waals surface area contributed by atoms with Crippen LogP contribution in [-0.2, 0) is 6.54 Å². The maximum atomic E-state index is 12.0. The first-order valence-corrected chi connectivity index (χ1v) is 9.02. The predicted molar refractivity (Wildman–Crippen MR) is 88.5 cm³/mol. The van der Waals surface area contributed by atoms with Gasteiger partial charge in [0, 0.05) is 35.3 Å². The first-order valence-electron chi connectivity index (χ1n) is 7.32. The molecule has 0 saturated heterocycles. The zero-order chi connectivity index (χ0) is 15.1. The second-order valence-electron chi connectivity index (χ2n) is 5.65. The maximum absolute atomic E-state index is 12.0. The average Bonchev–Trinajstić information content (AvgIpc) is 3.04. The van der Waals surface area contributed by atoms with Crippen molar-refractivity contribution in [1.82, 2.24) is 19.7 Å². The highest BCUT2D eigenvalue weighted by Gasteiger charge is 2.33. The van der Waals surface area contributed by atoms with E-state index in [4.69, 9.17) is 0 Å². The van der Waals surface area contributed by atoms with Crippen LogP contribution < -0.4 is 10.9 Å². The lowest BCUT2D eigenvalue weighted by Gasteiger charge is -2.15. The van der Waals surface area contributed by atoms with Gasteiger partial charge in [-0.25, -0.2) is 9.97 Å². The summed E-state index contributed by atoms with van der Waals surface area (Å²) in [5.74, 6) is 0.664. The van der Waals surface area contributed by atoms with Crippen molar-refractivity contribution in [1.29, 1.82) is 0 Å². The molecule has 0 amide bonds. The summed E-state index contributed by atoms with van der Waals surface area (Å²) in [6, 6.07) is 1.89. The van der Waals surface area contributed by atoms with Crippen LogP contribution in [0.15, 0.2) is 28.6 Å². The summed E-state index contributed by atoms with van der Waals surface area (Å²) in [6.07, 6.45) is 6.18. The van der Waals surface area contributed by atoms with E-state index in [1.165, 1.54) is 29.1 Å². The first-order chi connectivity index (χ1) is 10.7. The molecule has 1 aliphatic rings. The van der Waals surface area contributed by atoms with Gasteiger partial charge in [0.1, 0.15) is 5.01 Å². The van der Waals surface area contributed by atoms with Crippen molar-refractivity contribution in [2.24, 2.45) is 5.92 Å². The molecule has 0 bridgehead atoms. The molecule has 4 rings (SSSR count). The van der Waals surface area contributed by atoms with Crippen LogP contribution in [-0.4, -0.2) is 14.4 Å². The van der Waals surface area contributed by atoms with Gasteiger partial charge in [0.2, 0.25) is 0 Å². The van der Waals surface area contributed by atoms with E-state index in [-0.39, 0.29) is 11.6 Å². The molecule has 0 unspecified atom stereocenters. The Kier molecular flexibility index (Phi) is 3.56. The highest BCUT2D eigenvalue weighted by atomic mass is 32.1. The molecular weight excluding hydrogens is 316 g/mol. The molecular formula is C15H16N4OS2. The third-order valence-corrected chi connectivity index (χ3v) is 5.61. The maximum Gasteiger partial charge on any atom is 0.258 e. The first kappa shape index (κ1) is 14.0. The summed E-state index contributed by atoms with van der Waals surface area (Å²) < 4.78 is 1.58. The minimum Gasteiger partial charge on any atom is -0.302 e. The third kappa shape index (κ3) is 2.71. The highest BCUT2D eigenvalue weighted by Crippen LogP contribution is 2.42. The van der Waals surface area contributed by atoms with Gasteiger partial charge in [-0.05, 0) is 25.7 Å². The van der Waals surface area contributed by atoms with Gasteiger partial charge in [-0.15, -0.1) is 22.7 Å². The third-order valence-electron chi connectivity index (χ3n) is 3.86. The fourth-order valence-corrected chi connectivity index (χ4v) is 4.28. The van der Waals surface area contributed by atoms with Gasteiger partial charge in [0.15, 0.2) is 4.96 Å². The largest absolute Gasteiger partial charge is 0.302 e. The van der Waals surface area contributed by atoms with Gasteiger partial charge in [-0.2, -0.15) is 0 Å². The van der Waals surface area contributed by atoms with E-state index < -0.39 is 0 Å². The molecule has 3 heterocycles. The molecule has 7 heteroatoms. The lowest BCUT2D eigenvalue weighted by molar-refractivity contribution is 0.474. The SMILES string of the molecule is Cc1cnc([C@@H](NCc2cc(=O)n3ccsc3n2)C2CC2)s1. The van der Waals surface area contributed by atoms with Crippen molar-refractivity contribution in [3.8, 4) is 0 Å². The standard InChI is InChI=1S/C15H16N4OS2/c1-9-7-17-14(22-9)13(10-2-3-10)16-8-11-6-12(20)19-4-5-21-15(19)18-11/h4-7,10,13,16H,2-3,8H2,1H3/t13-/m0/s1. The Labute approximate surface area is 135 Å². The van der Waals surface area contributed by atoms with Crippen molar-refractivity contribution >= 4 is 27.6 Å². The van der Waals surface area contributed by atoms with Crippen LogP contribution in [0.3, 0.4) is 0 Å². The van der Waals surface area contributed by atoms with E-state index in [0.29, 0.717) is 12.5 Å². The summed E-state index contributed by atoms with van der Waals surface area (Å²) in [4.78, 5) is 23.1. The van der Waals surface area contributed by atoms with Crippen LogP contribution in [0.5, 0.6) is 0 Å². The predicted octanol–water partition coefficient (Wildman–Crippen LogP) is 2.76. The number of nitrogens with zero attached hydrogens (tertiary/aromatic N) is 3. The lowest BCUT2D eigenvalue weighted by atomic mass is 10.2. The summed E-state index contributed by atoms with van der Waals surface area (Å²) in [7, 11) is 0. The molecule has 5 nitrogen and oxygen atoms in total. The minimum atomic E-state index is -0.0175. The fraction of sp³-hybridized carbons (Fsp3) is 0.400. The molecule has 1 N–H and O–H groups in total. The van der Waals surface area contributed by atoms with Crippen LogP contribution in [0.25, 0.3) is 4.96 Å². The number of thiazole rings is 2. The summed E-state index contributed by atoms with van der Waals surface area (Å²) in [5.41, 5.74) is 0.780. The highest BCUT2D eigenvalue weighted by molar-refractivity contribution is 7.15. The smallest absolute Gasteiger partial charge is 0.258 e. The molecule has 3 aromatic rings. The number of fused-ring (bicyclic) bond motifs is 1. The van der Waals surface area contributed by atoms with Crippen molar-refractivity contribution in [2.75, 3.05) is 0 Å². The van der Waals surface area contributed by atoms with E-state index in [2.05, 4.69) is 22.2 Å². The van der Waals surface area contributed by atoms with E-state index in [1.54, 1.807) is 28.0 Å². The topological polar surface area (TPSA) is 59.3 Å². The molecule has 1 atom stereocenters. The Hall–Kier alpha value is -1.57. The number of nitrogens with one attached hydrogen (secondary N) is 1. The zero-order valence-corrected chi connectivity index (χ0v) is 13.8. The van der Waals surface area contributed by atoms with E-state index in [0.717, 1.165) is 15.7 Å². The van der Waals surface area contributed by atoms with Crippen LogP contribution in [0.4, 0.5) is 0 Å². The second-order valence-corrected chi connectivity index (χ2v) is 7.79. The molecule has 0 aliphatic heterocycles. The van der Waals surface area contributed by atoms with E-state index in [1.807, 2.05) is 11.6 Å². The Balaban J connectivity index is 1.55. The van der Waals surface area contributed by atoms with Crippen molar-refractivity contribution < 1.29 is 0 Å². The second kappa shape index (κ2) is 5.57. The van der Waals surface area contributed by atoms with Crippen molar-refractivity contribution in [3.63, 3.8) is 0 Å². The number of hydrogen-bond donors (Lipinski definition) is 1. The molecule has 0 spiro atoms. The minimum absolute atomic E-state index is 0.0175. The summed E-state index contributed by atoms with van der Waals surface area (Å²) in [5, 5.41) is 6.58. The molecule has 1 saturated carbocycles. The number of aryl methyl sites for hydroxylation is 1. The quantitative estimate of drug-likeness (QED) is 0.780. The number of rotatable bonds is 5. The monoisotopic (exact) mass is 332 g/mol. The Bertz CT molecular complexity index is 862. The number of hydrogen-bond acceptors (Lipinski definition) is 6. The molecule has 22 heavy (non-hydrogen) atoms. The zero-order valence-electron chi connectivity index (χ0n) is 12.2. The molecule has 1 aliphatic carbocycles. The van der Waals surface area contributed by atoms with Crippen LogP contribution in [0.1, 0.15) is 34.5 Å². The molecule has 0 aromatic carbocycles. The van der Waals surface area contributed by atoms with Crippen LogP contribution >= 0.6 is 22.7 Å². The Morgan fingerprint density at radius 3 is 3.09 bits per heavy atom.